The van der Waals surface area contributed by atoms with Crippen LogP contribution in [0.3, 0.4) is 0 Å². The number of nitrogens with one attached hydrogen (secondary N) is 4. The maximum absolute atomic E-state index is 12.8. The molecule has 1 heterocycles. The number of para-hydroxylation sites is 1. The third-order valence-corrected chi connectivity index (χ3v) is 5.40. The number of hydrogen-bond donors (Lipinski definition) is 4. The summed E-state index contributed by atoms with van der Waals surface area (Å²) in [6, 6.07) is 11.6. The van der Waals surface area contributed by atoms with Crippen molar-refractivity contribution in [2.75, 3.05) is 50.2 Å². The first-order valence-corrected chi connectivity index (χ1v) is 11.8. The number of aromatic nitrogens is 2. The van der Waals surface area contributed by atoms with E-state index >= 15 is 0 Å². The van der Waals surface area contributed by atoms with Crippen LogP contribution in [0.4, 0.5) is 28.8 Å². The summed E-state index contributed by atoms with van der Waals surface area (Å²) in [6.45, 7) is 4.38. The second kappa shape index (κ2) is 13.2. The average molecular weight is 538 g/mol. The summed E-state index contributed by atoms with van der Waals surface area (Å²) in [7, 11) is 5.23. The van der Waals surface area contributed by atoms with E-state index in [2.05, 4.69) is 37.8 Å². The summed E-state index contributed by atoms with van der Waals surface area (Å²) in [5, 5.41) is 11.5. The number of Topliss-reactive ketones (excluding diaryl/α,β-unsaturated/α-hetero) is 1. The maximum Gasteiger partial charge on any atom is 0.292 e. The number of anilines is 5. The molecule has 0 aliphatic rings. The minimum atomic E-state index is -0.712. The van der Waals surface area contributed by atoms with Crippen LogP contribution in [-0.4, -0.2) is 66.8 Å². The molecule has 0 atom stereocenters. The Bertz CT molecular complexity index is 1350. The van der Waals surface area contributed by atoms with Crippen molar-refractivity contribution in [3.05, 3.63) is 71.9 Å². The van der Waals surface area contributed by atoms with Crippen LogP contribution in [0, 0.1) is 0 Å². The van der Waals surface area contributed by atoms with Crippen molar-refractivity contribution in [2.45, 2.75) is 0 Å². The lowest BCUT2D eigenvalue weighted by atomic mass is 10.1. The second-order valence-electron chi connectivity index (χ2n) is 8.18. The van der Waals surface area contributed by atoms with E-state index in [1.807, 2.05) is 19.0 Å². The maximum atomic E-state index is 12.8. The SMILES string of the molecule is C=CC(=O)Nc1cc(Nc2ncc(Cl)c(Nc3ccccc3C(=O)C(=O)NCCN(C)C)n2)ccc1OC. The Morgan fingerprint density at radius 2 is 1.87 bits per heavy atom. The summed E-state index contributed by atoms with van der Waals surface area (Å²) in [6.07, 6.45) is 2.54. The monoisotopic (exact) mass is 537 g/mol. The van der Waals surface area contributed by atoms with Gasteiger partial charge in [0, 0.05) is 18.8 Å². The minimum absolute atomic E-state index is 0.164. The molecule has 3 rings (SSSR count). The molecule has 2 aromatic carbocycles. The van der Waals surface area contributed by atoms with Crippen LogP contribution < -0.4 is 26.0 Å². The molecule has 4 N–H and O–H groups in total. The number of benzene rings is 2. The van der Waals surface area contributed by atoms with Gasteiger partial charge in [-0.1, -0.05) is 30.3 Å². The average Bonchev–Trinajstić information content (AvgIpc) is 2.90. The molecule has 3 aromatic rings. The molecule has 0 unspecified atom stereocenters. The number of rotatable bonds is 12. The lowest BCUT2D eigenvalue weighted by molar-refractivity contribution is -0.117. The molecule has 12 heteroatoms. The number of ketones is 1. The Balaban J connectivity index is 1.81. The van der Waals surface area contributed by atoms with Gasteiger partial charge in [-0.25, -0.2) is 4.98 Å². The number of nitrogens with zero attached hydrogens (tertiary/aromatic N) is 3. The van der Waals surface area contributed by atoms with Crippen LogP contribution in [0.5, 0.6) is 5.75 Å². The van der Waals surface area contributed by atoms with Crippen molar-refractivity contribution in [3.63, 3.8) is 0 Å². The van der Waals surface area contributed by atoms with Gasteiger partial charge in [0.05, 0.1) is 30.2 Å². The summed E-state index contributed by atoms with van der Waals surface area (Å²) in [4.78, 5) is 47.5. The third-order valence-electron chi connectivity index (χ3n) is 5.12. The molecule has 11 nitrogen and oxygen atoms in total. The van der Waals surface area contributed by atoms with Gasteiger partial charge in [0.15, 0.2) is 5.82 Å². The van der Waals surface area contributed by atoms with Crippen molar-refractivity contribution < 1.29 is 19.1 Å². The summed E-state index contributed by atoms with van der Waals surface area (Å²) < 4.78 is 5.28. The number of carbonyl (C=O) groups excluding carboxylic acids is 3. The lowest BCUT2D eigenvalue weighted by Crippen LogP contribution is -2.36. The van der Waals surface area contributed by atoms with Gasteiger partial charge in [0.2, 0.25) is 11.9 Å². The smallest absolute Gasteiger partial charge is 0.292 e. The van der Waals surface area contributed by atoms with E-state index in [0.29, 0.717) is 35.9 Å². The van der Waals surface area contributed by atoms with Crippen molar-refractivity contribution in [1.29, 1.82) is 0 Å². The largest absolute Gasteiger partial charge is 0.495 e. The van der Waals surface area contributed by atoms with Crippen LogP contribution in [-0.2, 0) is 9.59 Å². The molecular formula is C26H28ClN7O4. The lowest BCUT2D eigenvalue weighted by Gasteiger charge is -2.14. The predicted molar refractivity (Wildman–Crippen MR) is 148 cm³/mol. The molecule has 0 saturated carbocycles. The van der Waals surface area contributed by atoms with E-state index in [1.165, 1.54) is 13.3 Å². The van der Waals surface area contributed by atoms with E-state index < -0.39 is 17.6 Å². The number of amides is 2. The molecule has 0 bridgehead atoms. The van der Waals surface area contributed by atoms with Gasteiger partial charge in [-0.2, -0.15) is 4.98 Å². The molecule has 0 aliphatic carbocycles. The fourth-order valence-electron chi connectivity index (χ4n) is 3.22. The van der Waals surface area contributed by atoms with Crippen LogP contribution in [0.2, 0.25) is 5.02 Å². The normalized spacial score (nSPS) is 10.4. The van der Waals surface area contributed by atoms with Crippen molar-refractivity contribution in [2.24, 2.45) is 0 Å². The second-order valence-corrected chi connectivity index (χ2v) is 8.59. The number of likely N-dealkylation sites (N-methyl/N-ethyl adjacent to an activating group) is 1. The van der Waals surface area contributed by atoms with Crippen molar-refractivity contribution >= 4 is 58.0 Å². The fraction of sp³-hybridized carbons (Fsp3) is 0.192. The number of methoxy groups -OCH3 is 1. The van der Waals surface area contributed by atoms with E-state index in [9.17, 15) is 14.4 Å². The van der Waals surface area contributed by atoms with Gasteiger partial charge in [0.1, 0.15) is 10.8 Å². The predicted octanol–water partition coefficient (Wildman–Crippen LogP) is 3.61. The van der Waals surface area contributed by atoms with Gasteiger partial charge in [-0.15, -0.1) is 0 Å². The molecule has 0 aliphatic heterocycles. The van der Waals surface area contributed by atoms with Crippen molar-refractivity contribution in [1.82, 2.24) is 20.2 Å². The fourth-order valence-corrected chi connectivity index (χ4v) is 3.36. The zero-order chi connectivity index (χ0) is 27.7. The highest BCUT2D eigenvalue weighted by molar-refractivity contribution is 6.44. The van der Waals surface area contributed by atoms with Crippen LogP contribution in [0.15, 0.2) is 61.3 Å². The molecule has 38 heavy (non-hydrogen) atoms. The van der Waals surface area contributed by atoms with Gasteiger partial charge >= 0.3 is 0 Å². The van der Waals surface area contributed by atoms with Gasteiger partial charge in [-0.05, 0) is 50.5 Å². The highest BCUT2D eigenvalue weighted by Crippen LogP contribution is 2.30. The molecule has 1 aromatic heterocycles. The quantitative estimate of drug-likeness (QED) is 0.155. The molecule has 0 radical (unpaired) electrons. The van der Waals surface area contributed by atoms with E-state index in [0.717, 1.165) is 6.08 Å². The zero-order valence-corrected chi connectivity index (χ0v) is 21.9. The van der Waals surface area contributed by atoms with E-state index in [1.54, 1.807) is 42.5 Å². The van der Waals surface area contributed by atoms with Gasteiger partial charge in [-0.3, -0.25) is 14.4 Å². The first kappa shape index (κ1) is 28.1. The zero-order valence-electron chi connectivity index (χ0n) is 21.2. The highest BCUT2D eigenvalue weighted by Gasteiger charge is 2.20. The van der Waals surface area contributed by atoms with E-state index in [4.69, 9.17) is 16.3 Å². The van der Waals surface area contributed by atoms with Crippen molar-refractivity contribution in [3.8, 4) is 5.75 Å². The number of ether oxygens (including phenoxy) is 1. The number of carbonyl (C=O) groups is 3. The molecule has 198 valence electrons. The minimum Gasteiger partial charge on any atom is -0.495 e. The Morgan fingerprint density at radius 3 is 2.58 bits per heavy atom. The van der Waals surface area contributed by atoms with Crippen LogP contribution in [0.25, 0.3) is 0 Å². The molecule has 0 spiro atoms. The van der Waals surface area contributed by atoms with E-state index in [-0.39, 0.29) is 22.4 Å². The molecular weight excluding hydrogens is 510 g/mol. The summed E-state index contributed by atoms with van der Waals surface area (Å²) in [5.41, 5.74) is 1.50. The van der Waals surface area contributed by atoms with Gasteiger partial charge < -0.3 is 30.9 Å². The van der Waals surface area contributed by atoms with Crippen LogP contribution in [0.1, 0.15) is 10.4 Å². The third kappa shape index (κ3) is 7.51. The van der Waals surface area contributed by atoms with Crippen LogP contribution >= 0.6 is 11.6 Å². The Kier molecular flexibility index (Phi) is 9.74. The Labute approximate surface area is 225 Å². The summed E-state index contributed by atoms with van der Waals surface area (Å²) >= 11 is 6.32. The molecule has 2 amide bonds. The first-order chi connectivity index (χ1) is 18.2. The number of hydrogen-bond acceptors (Lipinski definition) is 9. The Morgan fingerprint density at radius 1 is 1.11 bits per heavy atom. The molecule has 0 fully saturated rings. The topological polar surface area (TPSA) is 138 Å². The standard InChI is InChI=1S/C26H28ClN7O4/c1-5-22(35)31-20-14-16(10-11-21(20)38-4)30-26-29-15-18(27)24(33-26)32-19-9-7-6-8-17(19)23(36)25(37)28-12-13-34(2)3/h5-11,14-15H,1,12-13H2,2-4H3,(H,28,37)(H,31,35)(H2,29,30,32,33). The molecule has 0 saturated heterocycles. The Hall–Kier alpha value is -4.48. The highest BCUT2D eigenvalue weighted by atomic mass is 35.5. The summed E-state index contributed by atoms with van der Waals surface area (Å²) in [5.74, 6) is -0.940. The number of halogens is 1. The van der Waals surface area contributed by atoms with Gasteiger partial charge in [0.25, 0.3) is 11.7 Å². The first-order valence-electron chi connectivity index (χ1n) is 11.5.